The maximum Gasteiger partial charge on any atom is 0.271 e. The van der Waals surface area contributed by atoms with Gasteiger partial charge in [-0.3, -0.25) is 19.8 Å². The number of aliphatic hydroxyl groups is 1. The summed E-state index contributed by atoms with van der Waals surface area (Å²) in [5.74, 6) is -4.20. The van der Waals surface area contributed by atoms with E-state index in [1.54, 1.807) is 24.3 Å². The molecule has 0 aliphatic rings. The van der Waals surface area contributed by atoms with Crippen LogP contribution in [0.2, 0.25) is 0 Å². The number of alkyl halides is 1. The average Bonchev–Trinajstić information content (AvgIpc) is 2.84. The predicted octanol–water partition coefficient (Wildman–Crippen LogP) is 3.65. The molecule has 4 N–H and O–H groups in total. The van der Waals surface area contributed by atoms with Crippen LogP contribution in [-0.4, -0.2) is 49.9 Å². The Morgan fingerprint density at radius 3 is 2.35 bits per heavy atom. The van der Waals surface area contributed by atoms with E-state index in [-0.39, 0.29) is 36.9 Å². The van der Waals surface area contributed by atoms with Crippen molar-refractivity contribution in [1.82, 2.24) is 20.8 Å². The molecule has 0 radical (unpaired) electrons. The molecule has 3 aromatic rings. The van der Waals surface area contributed by atoms with Crippen LogP contribution in [0, 0.1) is 17.6 Å². The summed E-state index contributed by atoms with van der Waals surface area (Å²) in [6, 6.07) is 8.60. The van der Waals surface area contributed by atoms with E-state index in [2.05, 4.69) is 15.3 Å². The number of aromatic nitrogens is 2. The minimum absolute atomic E-state index is 0.00162. The number of hydroxylamine groups is 1. The largest absolute Gasteiger partial charge is 0.391 e. The highest BCUT2D eigenvalue weighted by molar-refractivity contribution is 5.94. The molecule has 2 aromatic carbocycles. The van der Waals surface area contributed by atoms with E-state index in [1.807, 2.05) is 0 Å². The van der Waals surface area contributed by atoms with Crippen LogP contribution in [0.4, 0.5) is 13.2 Å². The molecule has 3 unspecified atom stereocenters. The van der Waals surface area contributed by atoms with Crippen molar-refractivity contribution in [3.8, 4) is 0 Å². The lowest BCUT2D eigenvalue weighted by Crippen LogP contribution is -2.47. The first kappa shape index (κ1) is 28.0. The molecule has 0 saturated heterocycles. The number of hydrogen-bond acceptors (Lipinski definition) is 6. The Hall–Kier alpha value is -3.57. The summed E-state index contributed by atoms with van der Waals surface area (Å²) >= 11 is 0. The Morgan fingerprint density at radius 2 is 1.73 bits per heavy atom. The summed E-state index contributed by atoms with van der Waals surface area (Å²) in [5, 5.41) is 22.8. The van der Waals surface area contributed by atoms with Crippen LogP contribution in [0.3, 0.4) is 0 Å². The molecule has 0 spiro atoms. The number of para-hydroxylation sites is 2. The highest BCUT2D eigenvalue weighted by Crippen LogP contribution is 2.24. The number of amides is 2. The number of nitrogens with one attached hydrogen (secondary N) is 2. The van der Waals surface area contributed by atoms with E-state index in [4.69, 9.17) is 5.21 Å². The Labute approximate surface area is 211 Å². The lowest BCUT2D eigenvalue weighted by atomic mass is 9.88. The summed E-state index contributed by atoms with van der Waals surface area (Å²) in [5.41, 5.74) is 1.06. The van der Waals surface area contributed by atoms with Gasteiger partial charge >= 0.3 is 0 Å². The van der Waals surface area contributed by atoms with Crippen LogP contribution >= 0.6 is 0 Å². The number of hydrogen-bond donors (Lipinski definition) is 4. The van der Waals surface area contributed by atoms with Gasteiger partial charge in [0.2, 0.25) is 5.91 Å². The number of fused-ring (bicyclic) bond motifs is 1. The first-order chi connectivity index (χ1) is 17.4. The first-order valence-corrected chi connectivity index (χ1v) is 11.7. The van der Waals surface area contributed by atoms with E-state index in [0.717, 1.165) is 12.1 Å². The molecule has 37 heavy (non-hydrogen) atoms. The van der Waals surface area contributed by atoms with Gasteiger partial charge in [0.25, 0.3) is 5.91 Å². The number of carbonyl (C=O) groups is 2. The van der Waals surface area contributed by atoms with Crippen molar-refractivity contribution < 1.29 is 33.1 Å². The molecule has 8 nitrogen and oxygen atoms in total. The van der Waals surface area contributed by atoms with Gasteiger partial charge in [-0.25, -0.2) is 23.6 Å². The van der Waals surface area contributed by atoms with Gasteiger partial charge in [-0.15, -0.1) is 0 Å². The third kappa shape index (κ3) is 8.22. The molecule has 1 heterocycles. The Kier molecular flexibility index (Phi) is 9.17. The van der Waals surface area contributed by atoms with Gasteiger partial charge in [-0.2, -0.15) is 0 Å². The lowest BCUT2D eigenvalue weighted by Gasteiger charge is -2.28. The number of benzene rings is 2. The van der Waals surface area contributed by atoms with Crippen LogP contribution in [0.1, 0.15) is 49.2 Å². The standard InChI is InChI=1S/C26H29F3N4O4/c1-26(2,29)8-7-16(24(35)33-37)12-23(34)21(11-15-9-17(27)13-18(28)10-15)32-25(36)22-14-30-19-5-3-4-6-20(19)31-22/h3-6,9-10,13-14,16,21,23,34,37H,7-8,11-12H2,1-2H3,(H,32,36)(H,33,35). The predicted molar refractivity (Wildman–Crippen MR) is 129 cm³/mol. The first-order valence-electron chi connectivity index (χ1n) is 11.7. The topological polar surface area (TPSA) is 124 Å². The smallest absolute Gasteiger partial charge is 0.271 e. The fourth-order valence-electron chi connectivity index (χ4n) is 4.00. The molecule has 3 rings (SSSR count). The van der Waals surface area contributed by atoms with Crippen molar-refractivity contribution in [2.45, 2.75) is 57.3 Å². The fourth-order valence-corrected chi connectivity index (χ4v) is 4.00. The molecule has 1 aromatic heterocycles. The van der Waals surface area contributed by atoms with Gasteiger partial charge in [0.1, 0.15) is 23.0 Å². The van der Waals surface area contributed by atoms with Crippen LogP contribution in [-0.2, 0) is 11.2 Å². The molecule has 0 fully saturated rings. The SMILES string of the molecule is CC(C)(F)CCC(CC(O)C(Cc1cc(F)cc(F)c1)NC(=O)c1cnc2ccccc2n1)C(=O)NO. The number of halogens is 3. The molecular formula is C26H29F3N4O4. The summed E-state index contributed by atoms with van der Waals surface area (Å²) in [4.78, 5) is 33.7. The number of rotatable bonds is 11. The van der Waals surface area contributed by atoms with Gasteiger partial charge in [0.05, 0.1) is 29.4 Å². The number of carbonyl (C=O) groups excluding carboxylic acids is 2. The van der Waals surface area contributed by atoms with E-state index >= 15 is 0 Å². The second-order valence-electron chi connectivity index (χ2n) is 9.54. The van der Waals surface area contributed by atoms with Crippen LogP contribution in [0.5, 0.6) is 0 Å². The van der Waals surface area contributed by atoms with E-state index < -0.39 is 47.2 Å². The van der Waals surface area contributed by atoms with Gasteiger partial charge in [-0.05, 0) is 69.4 Å². The van der Waals surface area contributed by atoms with Gasteiger partial charge in [0.15, 0.2) is 0 Å². The summed E-state index contributed by atoms with van der Waals surface area (Å²) < 4.78 is 41.7. The Bertz CT molecular complexity index is 1230. The quantitative estimate of drug-likeness (QED) is 0.227. The highest BCUT2D eigenvalue weighted by Gasteiger charge is 2.30. The second kappa shape index (κ2) is 12.1. The molecule has 3 atom stereocenters. The molecule has 0 saturated carbocycles. The number of aliphatic hydroxyl groups excluding tert-OH is 1. The van der Waals surface area contributed by atoms with Crippen molar-refractivity contribution in [2.75, 3.05) is 0 Å². The molecule has 0 aliphatic heterocycles. The average molecular weight is 519 g/mol. The molecule has 11 heteroatoms. The summed E-state index contributed by atoms with van der Waals surface area (Å²) in [6.07, 6.45) is -0.642. The molecule has 0 aliphatic carbocycles. The normalized spacial score (nSPS) is 14.1. The Morgan fingerprint density at radius 1 is 1.08 bits per heavy atom. The van der Waals surface area contributed by atoms with Crippen molar-refractivity contribution in [3.05, 3.63) is 71.6 Å². The van der Waals surface area contributed by atoms with Crippen LogP contribution in [0.15, 0.2) is 48.7 Å². The van der Waals surface area contributed by atoms with Gasteiger partial charge < -0.3 is 10.4 Å². The van der Waals surface area contributed by atoms with Gasteiger partial charge in [0, 0.05) is 12.0 Å². The van der Waals surface area contributed by atoms with E-state index in [9.17, 15) is 27.9 Å². The highest BCUT2D eigenvalue weighted by atomic mass is 19.1. The van der Waals surface area contributed by atoms with Crippen molar-refractivity contribution in [3.63, 3.8) is 0 Å². The zero-order valence-electron chi connectivity index (χ0n) is 20.4. The van der Waals surface area contributed by atoms with Gasteiger partial charge in [-0.1, -0.05) is 12.1 Å². The number of nitrogens with zero attached hydrogens (tertiary/aromatic N) is 2. The van der Waals surface area contributed by atoms with Crippen molar-refractivity contribution in [2.24, 2.45) is 5.92 Å². The molecule has 198 valence electrons. The third-order valence-corrected chi connectivity index (χ3v) is 5.93. The van der Waals surface area contributed by atoms with Crippen LogP contribution < -0.4 is 10.8 Å². The summed E-state index contributed by atoms with van der Waals surface area (Å²) in [6.45, 7) is 2.67. The summed E-state index contributed by atoms with van der Waals surface area (Å²) in [7, 11) is 0. The van der Waals surface area contributed by atoms with Crippen LogP contribution in [0.25, 0.3) is 11.0 Å². The molecule has 0 bridgehead atoms. The third-order valence-electron chi connectivity index (χ3n) is 5.93. The van der Waals surface area contributed by atoms with E-state index in [0.29, 0.717) is 17.1 Å². The maximum absolute atomic E-state index is 14.0. The van der Waals surface area contributed by atoms with E-state index in [1.165, 1.54) is 25.5 Å². The maximum atomic E-state index is 14.0. The zero-order chi connectivity index (χ0) is 27.2. The lowest BCUT2D eigenvalue weighted by molar-refractivity contribution is -0.135. The van der Waals surface area contributed by atoms with Crippen molar-refractivity contribution >= 4 is 22.8 Å². The van der Waals surface area contributed by atoms with Crippen molar-refractivity contribution in [1.29, 1.82) is 0 Å². The minimum Gasteiger partial charge on any atom is -0.391 e. The Balaban J connectivity index is 1.85. The second-order valence-corrected chi connectivity index (χ2v) is 9.54. The monoisotopic (exact) mass is 518 g/mol. The fraction of sp³-hybridized carbons (Fsp3) is 0.385. The molecule has 2 amide bonds. The minimum atomic E-state index is -1.60. The molecular weight excluding hydrogens is 489 g/mol. The zero-order valence-corrected chi connectivity index (χ0v) is 20.4.